The van der Waals surface area contributed by atoms with Crippen molar-refractivity contribution in [2.75, 3.05) is 0 Å². The maximum atomic E-state index is 13.1. The van der Waals surface area contributed by atoms with Crippen molar-refractivity contribution >= 4 is 28.7 Å². The largest absolute Gasteiger partial charge is 0.349 e. The second-order valence-electron chi connectivity index (χ2n) is 7.43. The quantitative estimate of drug-likeness (QED) is 0.556. The zero-order valence-electron chi connectivity index (χ0n) is 16.6. The van der Waals surface area contributed by atoms with Crippen LogP contribution in [0, 0.1) is 11.7 Å². The number of nitrogens with one attached hydrogen (secondary N) is 1. The van der Waals surface area contributed by atoms with Gasteiger partial charge in [0, 0.05) is 6.54 Å². The van der Waals surface area contributed by atoms with Crippen LogP contribution in [-0.4, -0.2) is 20.7 Å². The molecular weight excluding hydrogens is 373 g/mol. The van der Waals surface area contributed by atoms with Gasteiger partial charge in [-0.25, -0.2) is 9.37 Å². The molecule has 0 aliphatic rings. The van der Waals surface area contributed by atoms with Crippen LogP contribution in [0.4, 0.5) is 4.39 Å². The Morgan fingerprint density at radius 1 is 1.11 bits per heavy atom. The molecule has 6 heteroatoms. The first-order valence-corrected chi connectivity index (χ1v) is 10.4. The van der Waals surface area contributed by atoms with Crippen LogP contribution in [-0.2, 0) is 11.3 Å². The molecule has 1 amide bonds. The Balaban J connectivity index is 1.73. The molecule has 0 spiro atoms. The molecule has 1 aromatic heterocycles. The maximum absolute atomic E-state index is 13.1. The van der Waals surface area contributed by atoms with Crippen molar-refractivity contribution in [3.05, 3.63) is 59.9 Å². The summed E-state index contributed by atoms with van der Waals surface area (Å²) in [6.07, 6.45) is 0. The molecule has 28 heavy (non-hydrogen) atoms. The van der Waals surface area contributed by atoms with Gasteiger partial charge in [0.05, 0.1) is 22.3 Å². The van der Waals surface area contributed by atoms with E-state index in [0.717, 1.165) is 28.3 Å². The van der Waals surface area contributed by atoms with Gasteiger partial charge in [0.15, 0.2) is 5.16 Å². The van der Waals surface area contributed by atoms with Crippen molar-refractivity contribution in [3.63, 3.8) is 0 Å². The molecule has 1 N–H and O–H groups in total. The number of nitrogens with zero attached hydrogens (tertiary/aromatic N) is 2. The lowest BCUT2D eigenvalue weighted by molar-refractivity contribution is -0.120. The lowest BCUT2D eigenvalue weighted by Gasteiger charge is -2.18. The number of fused-ring (bicyclic) bond motifs is 1. The number of benzene rings is 2. The SMILES string of the molecule is CC(C)Cn1c(S[C@H](C)C(=O)N[C@@H](C)c2ccc(F)cc2)nc2ccccc21. The van der Waals surface area contributed by atoms with Gasteiger partial charge < -0.3 is 9.88 Å². The first kappa shape index (κ1) is 20.4. The number of imidazole rings is 1. The van der Waals surface area contributed by atoms with E-state index < -0.39 is 0 Å². The molecule has 148 valence electrons. The molecule has 0 bridgehead atoms. The van der Waals surface area contributed by atoms with E-state index in [9.17, 15) is 9.18 Å². The van der Waals surface area contributed by atoms with Gasteiger partial charge >= 0.3 is 0 Å². The monoisotopic (exact) mass is 399 g/mol. The van der Waals surface area contributed by atoms with E-state index in [1.807, 2.05) is 32.0 Å². The van der Waals surface area contributed by atoms with E-state index in [-0.39, 0.29) is 23.0 Å². The highest BCUT2D eigenvalue weighted by molar-refractivity contribution is 8.00. The van der Waals surface area contributed by atoms with Crippen molar-refractivity contribution in [3.8, 4) is 0 Å². The Kier molecular flexibility index (Phi) is 6.39. The number of carbonyl (C=O) groups excluding carboxylic acids is 1. The van der Waals surface area contributed by atoms with Crippen molar-refractivity contribution < 1.29 is 9.18 Å². The van der Waals surface area contributed by atoms with E-state index >= 15 is 0 Å². The minimum absolute atomic E-state index is 0.0648. The molecular formula is C22H26FN3OS. The Bertz CT molecular complexity index is 952. The lowest BCUT2D eigenvalue weighted by atomic mass is 10.1. The number of para-hydroxylation sites is 2. The summed E-state index contributed by atoms with van der Waals surface area (Å²) in [5, 5.41) is 3.56. The minimum atomic E-state index is -0.300. The molecule has 0 aliphatic carbocycles. The molecule has 0 saturated heterocycles. The molecule has 2 atom stereocenters. The fraction of sp³-hybridized carbons (Fsp3) is 0.364. The number of hydrogen-bond donors (Lipinski definition) is 1. The van der Waals surface area contributed by atoms with Gasteiger partial charge in [0.25, 0.3) is 0 Å². The van der Waals surface area contributed by atoms with Gasteiger partial charge in [-0.15, -0.1) is 0 Å². The third kappa shape index (κ3) is 4.73. The highest BCUT2D eigenvalue weighted by Crippen LogP contribution is 2.28. The number of halogens is 1. The van der Waals surface area contributed by atoms with Gasteiger partial charge in [-0.1, -0.05) is 49.9 Å². The summed E-state index contributed by atoms with van der Waals surface area (Å²) >= 11 is 1.47. The topological polar surface area (TPSA) is 46.9 Å². The summed E-state index contributed by atoms with van der Waals surface area (Å²) in [5.41, 5.74) is 2.91. The first-order valence-electron chi connectivity index (χ1n) is 9.53. The van der Waals surface area contributed by atoms with Gasteiger partial charge in [-0.2, -0.15) is 0 Å². The number of amides is 1. The highest BCUT2D eigenvalue weighted by atomic mass is 32.2. The van der Waals surface area contributed by atoms with Crippen molar-refractivity contribution in [1.29, 1.82) is 0 Å². The Hall–Kier alpha value is -2.34. The molecule has 4 nitrogen and oxygen atoms in total. The molecule has 0 unspecified atom stereocenters. The van der Waals surface area contributed by atoms with E-state index in [1.54, 1.807) is 12.1 Å². The predicted octanol–water partition coefficient (Wildman–Crippen LogP) is 5.19. The molecule has 0 aliphatic heterocycles. The second-order valence-corrected chi connectivity index (χ2v) is 8.74. The van der Waals surface area contributed by atoms with Crippen molar-refractivity contribution in [2.45, 2.75) is 50.7 Å². The molecule has 3 rings (SSSR count). The van der Waals surface area contributed by atoms with Gasteiger partial charge in [0.2, 0.25) is 5.91 Å². The van der Waals surface area contributed by atoms with Crippen LogP contribution in [0.25, 0.3) is 11.0 Å². The maximum Gasteiger partial charge on any atom is 0.233 e. The van der Waals surface area contributed by atoms with Crippen LogP contribution < -0.4 is 5.32 Å². The second kappa shape index (κ2) is 8.78. The molecule has 0 radical (unpaired) electrons. The average Bonchev–Trinajstić information content (AvgIpc) is 2.99. The average molecular weight is 400 g/mol. The summed E-state index contributed by atoms with van der Waals surface area (Å²) in [6.45, 7) is 8.98. The summed E-state index contributed by atoms with van der Waals surface area (Å²) in [7, 11) is 0. The Morgan fingerprint density at radius 2 is 1.79 bits per heavy atom. The van der Waals surface area contributed by atoms with Crippen molar-refractivity contribution in [2.24, 2.45) is 5.92 Å². The summed E-state index contributed by atoms with van der Waals surface area (Å²) in [6, 6.07) is 14.1. The number of hydrogen-bond acceptors (Lipinski definition) is 3. The van der Waals surface area contributed by atoms with E-state index in [1.165, 1.54) is 23.9 Å². The zero-order chi connectivity index (χ0) is 20.3. The van der Waals surface area contributed by atoms with Gasteiger partial charge in [-0.3, -0.25) is 4.79 Å². The van der Waals surface area contributed by atoms with E-state index in [4.69, 9.17) is 4.98 Å². The molecule has 1 heterocycles. The van der Waals surface area contributed by atoms with Crippen molar-refractivity contribution in [1.82, 2.24) is 14.9 Å². The smallest absolute Gasteiger partial charge is 0.233 e. The van der Waals surface area contributed by atoms with Gasteiger partial charge in [0.1, 0.15) is 5.82 Å². The number of rotatable bonds is 7. The molecule has 2 aromatic carbocycles. The normalized spacial score (nSPS) is 13.6. The molecule has 0 saturated carbocycles. The first-order chi connectivity index (χ1) is 13.3. The summed E-state index contributed by atoms with van der Waals surface area (Å²) in [5.74, 6) is 0.125. The van der Waals surface area contributed by atoms with Crippen LogP contribution in [0.15, 0.2) is 53.7 Å². The Morgan fingerprint density at radius 3 is 2.46 bits per heavy atom. The Labute approximate surface area is 169 Å². The number of carbonyl (C=O) groups is 1. The van der Waals surface area contributed by atoms with E-state index in [0.29, 0.717) is 5.92 Å². The summed E-state index contributed by atoms with van der Waals surface area (Å²) < 4.78 is 15.3. The number of thioether (sulfide) groups is 1. The highest BCUT2D eigenvalue weighted by Gasteiger charge is 2.21. The fourth-order valence-corrected chi connectivity index (χ4v) is 4.00. The third-order valence-electron chi connectivity index (χ3n) is 4.55. The van der Waals surface area contributed by atoms with Crippen LogP contribution in [0.3, 0.4) is 0 Å². The van der Waals surface area contributed by atoms with Gasteiger partial charge in [-0.05, 0) is 49.6 Å². The fourth-order valence-electron chi connectivity index (χ4n) is 3.06. The third-order valence-corrected chi connectivity index (χ3v) is 5.64. The standard InChI is InChI=1S/C22H26FN3OS/c1-14(2)13-26-20-8-6-5-7-19(20)25-22(26)28-16(4)21(27)24-15(3)17-9-11-18(23)12-10-17/h5-12,14-16H,13H2,1-4H3,(H,24,27)/t15-,16+/m0/s1. The minimum Gasteiger partial charge on any atom is -0.349 e. The predicted molar refractivity (Wildman–Crippen MR) is 113 cm³/mol. The lowest BCUT2D eigenvalue weighted by Crippen LogP contribution is -2.33. The number of aromatic nitrogens is 2. The summed E-state index contributed by atoms with van der Waals surface area (Å²) in [4.78, 5) is 17.4. The van der Waals surface area contributed by atoms with Crippen LogP contribution in [0.5, 0.6) is 0 Å². The van der Waals surface area contributed by atoms with E-state index in [2.05, 4.69) is 29.8 Å². The molecule has 0 fully saturated rings. The van der Waals surface area contributed by atoms with Crippen LogP contribution >= 0.6 is 11.8 Å². The zero-order valence-corrected chi connectivity index (χ0v) is 17.5. The molecule has 3 aromatic rings. The van der Waals surface area contributed by atoms with Crippen LogP contribution in [0.1, 0.15) is 39.3 Å². The van der Waals surface area contributed by atoms with Crippen LogP contribution in [0.2, 0.25) is 0 Å².